The highest BCUT2D eigenvalue weighted by Gasteiger charge is 2.10. The number of halogens is 4. The van der Waals surface area contributed by atoms with Gasteiger partial charge in [-0.15, -0.1) is 0 Å². The van der Waals surface area contributed by atoms with E-state index < -0.39 is 34.8 Å². The van der Waals surface area contributed by atoms with Gasteiger partial charge in [-0.2, -0.15) is 0 Å². The van der Waals surface area contributed by atoms with E-state index >= 15 is 0 Å². The molecule has 0 saturated heterocycles. The van der Waals surface area contributed by atoms with E-state index in [0.717, 1.165) is 24.3 Å². The first-order valence-corrected chi connectivity index (χ1v) is 8.78. The van der Waals surface area contributed by atoms with E-state index in [-0.39, 0.29) is 11.1 Å². The molecule has 150 valence electrons. The van der Waals surface area contributed by atoms with Gasteiger partial charge < -0.3 is 0 Å². The molecule has 6 heteroatoms. The Morgan fingerprint density at radius 3 is 1.27 bits per heavy atom. The van der Waals surface area contributed by atoms with Crippen LogP contribution in [0.5, 0.6) is 0 Å². The van der Waals surface area contributed by atoms with Crippen molar-refractivity contribution in [1.82, 2.24) is 0 Å². The molecule has 0 N–H and O–H groups in total. The second-order valence-corrected chi connectivity index (χ2v) is 6.31. The predicted molar refractivity (Wildman–Crippen MR) is 106 cm³/mol. The summed E-state index contributed by atoms with van der Waals surface area (Å²) in [7, 11) is 0. The van der Waals surface area contributed by atoms with Gasteiger partial charge in [0.25, 0.3) is 0 Å². The molecule has 3 rings (SSSR count). The quantitative estimate of drug-likeness (QED) is 0.282. The van der Waals surface area contributed by atoms with Gasteiger partial charge in [0.2, 0.25) is 0 Å². The topological polar surface area (TPSA) is 34.1 Å². The van der Waals surface area contributed by atoms with E-state index in [1.807, 2.05) is 0 Å². The number of rotatable bonds is 6. The molecule has 0 aromatic heterocycles. The Bertz CT molecular complexity index is 1070. The Morgan fingerprint density at radius 2 is 0.933 bits per heavy atom. The van der Waals surface area contributed by atoms with Crippen LogP contribution in [0.3, 0.4) is 0 Å². The molecule has 0 radical (unpaired) electrons. The zero-order valence-corrected chi connectivity index (χ0v) is 15.4. The van der Waals surface area contributed by atoms with Gasteiger partial charge in [0.1, 0.15) is 23.3 Å². The van der Waals surface area contributed by atoms with E-state index in [1.54, 1.807) is 24.3 Å². The molecule has 0 atom stereocenters. The summed E-state index contributed by atoms with van der Waals surface area (Å²) in [5.74, 6) is -4.62. The van der Waals surface area contributed by atoms with Crippen molar-refractivity contribution in [1.29, 1.82) is 0 Å². The van der Waals surface area contributed by atoms with Crippen LogP contribution in [0.25, 0.3) is 12.2 Å². The summed E-state index contributed by atoms with van der Waals surface area (Å²) < 4.78 is 53.1. The molecular formula is C24H14F4O2. The minimum absolute atomic E-state index is 0.237. The van der Waals surface area contributed by atoms with Crippen LogP contribution in [0.15, 0.2) is 72.8 Å². The van der Waals surface area contributed by atoms with Crippen molar-refractivity contribution in [3.63, 3.8) is 0 Å². The number of carbonyl (C=O) groups is 2. The summed E-state index contributed by atoms with van der Waals surface area (Å²) in [5, 5.41) is 0. The molecule has 0 aliphatic rings. The van der Waals surface area contributed by atoms with Crippen molar-refractivity contribution in [3.8, 4) is 0 Å². The molecule has 0 aliphatic heterocycles. The van der Waals surface area contributed by atoms with Gasteiger partial charge in [-0.25, -0.2) is 17.6 Å². The molecule has 0 heterocycles. The molecule has 0 saturated carbocycles. The first-order valence-electron chi connectivity index (χ1n) is 8.78. The molecule has 0 aliphatic carbocycles. The Morgan fingerprint density at radius 1 is 0.567 bits per heavy atom. The fraction of sp³-hybridized carbons (Fsp3) is 0. The summed E-state index contributed by atoms with van der Waals surface area (Å²) in [5.41, 5.74) is 0.801. The summed E-state index contributed by atoms with van der Waals surface area (Å²) >= 11 is 0. The smallest absolute Gasteiger partial charge is 0.188 e. The number of ketones is 2. The van der Waals surface area contributed by atoms with E-state index in [2.05, 4.69) is 0 Å². The molecule has 3 aromatic carbocycles. The largest absolute Gasteiger partial charge is 0.289 e. The van der Waals surface area contributed by atoms with Crippen molar-refractivity contribution in [3.05, 3.63) is 118 Å². The van der Waals surface area contributed by atoms with Crippen molar-refractivity contribution in [2.75, 3.05) is 0 Å². The molecule has 0 amide bonds. The van der Waals surface area contributed by atoms with Gasteiger partial charge in [0.15, 0.2) is 11.6 Å². The van der Waals surface area contributed by atoms with Crippen molar-refractivity contribution >= 4 is 23.7 Å². The average Bonchev–Trinajstić information content (AvgIpc) is 2.71. The van der Waals surface area contributed by atoms with Crippen LogP contribution in [0.1, 0.15) is 31.8 Å². The van der Waals surface area contributed by atoms with Crippen LogP contribution in [-0.2, 0) is 0 Å². The summed E-state index contributed by atoms with van der Waals surface area (Å²) in [4.78, 5) is 24.1. The fourth-order valence-electron chi connectivity index (χ4n) is 2.62. The summed E-state index contributed by atoms with van der Waals surface area (Å²) in [6.07, 6.45) is 5.28. The Kier molecular flexibility index (Phi) is 6.37. The average molecular weight is 410 g/mol. The highest BCUT2D eigenvalue weighted by Crippen LogP contribution is 2.14. The van der Waals surface area contributed by atoms with Gasteiger partial charge in [0, 0.05) is 12.1 Å². The van der Waals surface area contributed by atoms with Crippen molar-refractivity contribution in [2.24, 2.45) is 0 Å². The minimum Gasteiger partial charge on any atom is -0.289 e. The van der Waals surface area contributed by atoms with E-state index in [0.29, 0.717) is 23.3 Å². The monoisotopic (exact) mass is 410 g/mol. The first kappa shape index (κ1) is 20.9. The Balaban J connectivity index is 1.67. The third kappa shape index (κ3) is 5.17. The van der Waals surface area contributed by atoms with Crippen LogP contribution < -0.4 is 0 Å². The standard InChI is InChI=1S/C24H14F4O2/c25-17-7-9-19(21(27)13-17)23(29)11-5-15-1-2-16(4-3-15)6-12-24(30)20-10-8-18(26)14-22(20)28/h1-14H/b11-5+,12-6+. The van der Waals surface area contributed by atoms with E-state index in [4.69, 9.17) is 0 Å². The van der Waals surface area contributed by atoms with Crippen molar-refractivity contribution < 1.29 is 27.2 Å². The van der Waals surface area contributed by atoms with Gasteiger partial charge in [-0.3, -0.25) is 9.59 Å². The lowest BCUT2D eigenvalue weighted by atomic mass is 10.1. The number of hydrogen-bond donors (Lipinski definition) is 0. The van der Waals surface area contributed by atoms with E-state index in [9.17, 15) is 27.2 Å². The molecule has 3 aromatic rings. The lowest BCUT2D eigenvalue weighted by Crippen LogP contribution is -1.99. The lowest BCUT2D eigenvalue weighted by molar-refractivity contribution is 0.103. The van der Waals surface area contributed by atoms with Gasteiger partial charge in [0.05, 0.1) is 11.1 Å². The van der Waals surface area contributed by atoms with Crippen molar-refractivity contribution in [2.45, 2.75) is 0 Å². The van der Waals surface area contributed by atoms with Crippen LogP contribution in [0, 0.1) is 23.3 Å². The number of allylic oxidation sites excluding steroid dienone is 2. The number of hydrogen-bond acceptors (Lipinski definition) is 2. The Labute approximate surface area is 169 Å². The normalized spacial score (nSPS) is 11.3. The Hall–Kier alpha value is -3.80. The van der Waals surface area contributed by atoms with Gasteiger partial charge >= 0.3 is 0 Å². The summed E-state index contributed by atoms with van der Waals surface area (Å²) in [6.45, 7) is 0. The van der Waals surface area contributed by atoms with Crippen LogP contribution >= 0.6 is 0 Å². The predicted octanol–water partition coefficient (Wildman–Crippen LogP) is 6.04. The number of benzene rings is 3. The second kappa shape index (κ2) is 9.13. The highest BCUT2D eigenvalue weighted by molar-refractivity contribution is 6.07. The minimum atomic E-state index is -0.938. The maximum atomic E-state index is 13.6. The molecule has 0 bridgehead atoms. The first-order chi connectivity index (χ1) is 14.3. The maximum absolute atomic E-state index is 13.6. The second-order valence-electron chi connectivity index (χ2n) is 6.31. The van der Waals surface area contributed by atoms with Crippen LogP contribution in [0.4, 0.5) is 17.6 Å². The molecule has 0 fully saturated rings. The van der Waals surface area contributed by atoms with Gasteiger partial charge in [-0.1, -0.05) is 36.4 Å². The highest BCUT2D eigenvalue weighted by atomic mass is 19.1. The molecule has 0 unspecified atom stereocenters. The van der Waals surface area contributed by atoms with Gasteiger partial charge in [-0.05, 0) is 47.5 Å². The number of carbonyl (C=O) groups excluding carboxylic acids is 2. The molecular weight excluding hydrogens is 396 g/mol. The fourth-order valence-corrected chi connectivity index (χ4v) is 2.62. The van der Waals surface area contributed by atoms with E-state index in [1.165, 1.54) is 24.3 Å². The SMILES string of the molecule is O=C(/C=C/c1ccc(/C=C/C(=O)c2ccc(F)cc2F)cc1)c1ccc(F)cc1F. The lowest BCUT2D eigenvalue weighted by Gasteiger charge is -2.00. The van der Waals surface area contributed by atoms with Crippen LogP contribution in [0.2, 0.25) is 0 Å². The zero-order chi connectivity index (χ0) is 21.7. The zero-order valence-electron chi connectivity index (χ0n) is 15.4. The third-order valence-electron chi connectivity index (χ3n) is 4.18. The molecule has 0 spiro atoms. The molecule has 30 heavy (non-hydrogen) atoms. The van der Waals surface area contributed by atoms with Crippen LogP contribution in [-0.4, -0.2) is 11.6 Å². The third-order valence-corrected chi connectivity index (χ3v) is 4.18. The maximum Gasteiger partial charge on any atom is 0.188 e. The molecule has 2 nitrogen and oxygen atoms in total. The summed E-state index contributed by atoms with van der Waals surface area (Å²) in [6, 6.07) is 12.1.